The number of rotatable bonds is 3. The van der Waals surface area contributed by atoms with E-state index in [-0.39, 0.29) is 12.0 Å². The third-order valence-corrected chi connectivity index (χ3v) is 10.8. The number of hydrogen-bond donors (Lipinski definition) is 0. The lowest BCUT2D eigenvalue weighted by Gasteiger charge is -2.26. The zero-order valence-corrected chi connectivity index (χ0v) is 27.1. The molecule has 9 aromatic rings. The zero-order chi connectivity index (χ0) is 32.8. The van der Waals surface area contributed by atoms with Crippen LogP contribution in [0.5, 0.6) is 5.75 Å². The van der Waals surface area contributed by atoms with Crippen LogP contribution < -0.4 is 15.4 Å². The third kappa shape index (κ3) is 3.90. The highest BCUT2D eigenvalue weighted by molar-refractivity contribution is 6.19. The minimum Gasteiger partial charge on any atom is -0.484 e. The number of benzene rings is 8. The summed E-state index contributed by atoms with van der Waals surface area (Å²) in [5, 5.41) is 9.60. The van der Waals surface area contributed by atoms with Crippen LogP contribution in [0.3, 0.4) is 0 Å². The van der Waals surface area contributed by atoms with Crippen LogP contribution in [0, 0.1) is 0 Å². The first-order valence-corrected chi connectivity index (χ1v) is 17.3. The molecule has 8 aromatic carbocycles. The van der Waals surface area contributed by atoms with Gasteiger partial charge in [0.25, 0.3) is 0 Å². The normalized spacial score (nSPS) is 16.3. The molecule has 234 valence electrons. The molecule has 2 heteroatoms. The summed E-state index contributed by atoms with van der Waals surface area (Å²) in [6.07, 6.45) is 2.16. The average Bonchev–Trinajstić information content (AvgIpc) is 3.74. The van der Waals surface area contributed by atoms with E-state index in [4.69, 9.17) is 9.15 Å². The van der Waals surface area contributed by atoms with Crippen LogP contribution in [-0.4, -0.2) is 6.10 Å². The van der Waals surface area contributed by atoms with Crippen molar-refractivity contribution in [1.82, 2.24) is 0 Å². The molecule has 0 spiro atoms. The Bertz CT molecular complexity index is 2920. The van der Waals surface area contributed by atoms with Gasteiger partial charge >= 0.3 is 0 Å². The Balaban J connectivity index is 1.23. The number of hydrogen-bond acceptors (Lipinski definition) is 2. The van der Waals surface area contributed by atoms with E-state index >= 15 is 0 Å². The average molecular weight is 639 g/mol. The molecule has 2 unspecified atom stereocenters. The summed E-state index contributed by atoms with van der Waals surface area (Å²) in [7, 11) is 0. The number of fused-ring (bicyclic) bond motifs is 9. The van der Waals surface area contributed by atoms with Crippen LogP contribution in [0.25, 0.3) is 77.2 Å². The monoisotopic (exact) mass is 638 g/mol. The van der Waals surface area contributed by atoms with Crippen LogP contribution in [-0.2, 0) is 0 Å². The van der Waals surface area contributed by atoms with Crippen molar-refractivity contribution in [2.75, 3.05) is 0 Å². The third-order valence-electron chi connectivity index (χ3n) is 10.8. The minimum atomic E-state index is -0.215. The molecule has 0 radical (unpaired) electrons. The molecule has 2 aliphatic rings. The van der Waals surface area contributed by atoms with Crippen molar-refractivity contribution in [3.8, 4) is 28.0 Å². The summed E-state index contributed by atoms with van der Waals surface area (Å²) in [5.74, 6) is 1.02. The SMILES string of the molecule is C1=c2c(oc3ccccc23)=C(c2c3ccccc3c(-c3cccc(-c4cccc5ccccc45)c3)c3ccccc23)C2Oc3ccccc3C12. The van der Waals surface area contributed by atoms with Crippen molar-refractivity contribution in [2.24, 2.45) is 0 Å². The van der Waals surface area contributed by atoms with Gasteiger partial charge in [-0.25, -0.2) is 0 Å². The second-order valence-electron chi connectivity index (χ2n) is 13.5. The van der Waals surface area contributed by atoms with Gasteiger partial charge in [-0.2, -0.15) is 0 Å². The predicted molar refractivity (Wildman–Crippen MR) is 206 cm³/mol. The second-order valence-corrected chi connectivity index (χ2v) is 13.5. The largest absolute Gasteiger partial charge is 0.484 e. The fourth-order valence-corrected chi connectivity index (χ4v) is 8.70. The minimum absolute atomic E-state index is 0.0734. The van der Waals surface area contributed by atoms with E-state index < -0.39 is 0 Å². The number of furan rings is 1. The Morgan fingerprint density at radius 3 is 1.86 bits per heavy atom. The molecule has 0 saturated carbocycles. The lowest BCUT2D eigenvalue weighted by molar-refractivity contribution is 0.279. The molecule has 2 atom stereocenters. The van der Waals surface area contributed by atoms with Gasteiger partial charge in [0.1, 0.15) is 22.9 Å². The lowest BCUT2D eigenvalue weighted by atomic mass is 9.79. The number of para-hydroxylation sites is 2. The van der Waals surface area contributed by atoms with Gasteiger partial charge in [-0.05, 0) is 72.8 Å². The van der Waals surface area contributed by atoms with E-state index in [9.17, 15) is 0 Å². The molecular weight excluding hydrogens is 609 g/mol. The smallest absolute Gasteiger partial charge is 0.142 e. The van der Waals surface area contributed by atoms with Crippen molar-refractivity contribution in [3.63, 3.8) is 0 Å². The van der Waals surface area contributed by atoms with Crippen molar-refractivity contribution in [3.05, 3.63) is 186 Å². The van der Waals surface area contributed by atoms with Crippen LogP contribution >= 0.6 is 0 Å². The molecule has 2 nitrogen and oxygen atoms in total. The first kappa shape index (κ1) is 27.6. The Kier molecular flexibility index (Phi) is 5.82. The quantitative estimate of drug-likeness (QED) is 0.180. The molecule has 0 N–H and O–H groups in total. The highest BCUT2D eigenvalue weighted by Gasteiger charge is 2.40. The predicted octanol–water partition coefficient (Wildman–Crippen LogP) is 10.8. The summed E-state index contributed by atoms with van der Waals surface area (Å²) in [5.41, 5.74) is 10.2. The molecule has 0 fully saturated rings. The van der Waals surface area contributed by atoms with Gasteiger partial charge in [-0.15, -0.1) is 0 Å². The van der Waals surface area contributed by atoms with E-state index in [1.54, 1.807) is 0 Å². The van der Waals surface area contributed by atoms with Crippen LogP contribution in [0.2, 0.25) is 0 Å². The molecule has 1 aromatic heterocycles. The van der Waals surface area contributed by atoms with Crippen molar-refractivity contribution >= 4 is 54.9 Å². The Hall–Kier alpha value is -6.38. The molecule has 1 aliphatic carbocycles. The summed E-state index contributed by atoms with van der Waals surface area (Å²) >= 11 is 0. The maximum Gasteiger partial charge on any atom is 0.142 e. The van der Waals surface area contributed by atoms with Gasteiger partial charge in [0.05, 0.1) is 0 Å². The first-order valence-electron chi connectivity index (χ1n) is 17.3. The van der Waals surface area contributed by atoms with Crippen molar-refractivity contribution in [2.45, 2.75) is 12.0 Å². The van der Waals surface area contributed by atoms with E-state index in [1.165, 1.54) is 65.7 Å². The Morgan fingerprint density at radius 1 is 0.460 bits per heavy atom. The van der Waals surface area contributed by atoms with Gasteiger partial charge in [0, 0.05) is 33.2 Å². The van der Waals surface area contributed by atoms with E-state index in [0.29, 0.717) is 0 Å². The van der Waals surface area contributed by atoms with Crippen LogP contribution in [0.1, 0.15) is 17.0 Å². The zero-order valence-electron chi connectivity index (χ0n) is 27.1. The van der Waals surface area contributed by atoms with Crippen molar-refractivity contribution < 1.29 is 9.15 Å². The summed E-state index contributed by atoms with van der Waals surface area (Å²) in [6.45, 7) is 0. The summed E-state index contributed by atoms with van der Waals surface area (Å²) in [4.78, 5) is 0. The first-order chi connectivity index (χ1) is 24.8. The lowest BCUT2D eigenvalue weighted by Crippen LogP contribution is -2.37. The van der Waals surface area contributed by atoms with Gasteiger partial charge in [-0.1, -0.05) is 152 Å². The fraction of sp³-hybridized carbons (Fsp3) is 0.0417. The highest BCUT2D eigenvalue weighted by Crippen LogP contribution is 2.49. The molecule has 2 heterocycles. The van der Waals surface area contributed by atoms with Crippen LogP contribution in [0.15, 0.2) is 168 Å². The standard InChI is InChI=1S/C48H30O2/c1-2-17-32-29(13-1)14-12-24-33(32)30-15-11-16-31(27-30)44-36-20-3-5-22-38(36)45(39-23-6-4-21-37(39)44)46-47-40(34-18-7-9-25-42(34)49-47)28-41-35-19-8-10-26-43(35)50-48(41)46/h1-28,40,47H. The van der Waals surface area contributed by atoms with E-state index in [2.05, 4.69) is 170 Å². The summed E-state index contributed by atoms with van der Waals surface area (Å²) < 4.78 is 13.7. The molecule has 0 saturated heterocycles. The second kappa shape index (κ2) is 10.6. The maximum atomic E-state index is 6.92. The van der Waals surface area contributed by atoms with Crippen molar-refractivity contribution in [1.29, 1.82) is 0 Å². The fourth-order valence-electron chi connectivity index (χ4n) is 8.70. The number of ether oxygens (including phenoxy) is 1. The Labute approximate surface area is 288 Å². The molecule has 11 rings (SSSR count). The van der Waals surface area contributed by atoms with Gasteiger partial charge < -0.3 is 9.15 Å². The molecular formula is C48H30O2. The summed E-state index contributed by atoms with van der Waals surface area (Å²) in [6, 6.07) is 58.9. The van der Waals surface area contributed by atoms with Crippen LogP contribution in [0.4, 0.5) is 0 Å². The van der Waals surface area contributed by atoms with Gasteiger partial charge in [-0.3, -0.25) is 0 Å². The molecule has 1 aliphatic heterocycles. The maximum absolute atomic E-state index is 6.92. The molecule has 50 heavy (non-hydrogen) atoms. The highest BCUT2D eigenvalue weighted by atomic mass is 16.5. The topological polar surface area (TPSA) is 22.4 Å². The molecule has 0 bridgehead atoms. The molecule has 0 amide bonds. The van der Waals surface area contributed by atoms with Gasteiger partial charge in [0.2, 0.25) is 0 Å². The van der Waals surface area contributed by atoms with E-state index in [0.717, 1.165) is 32.9 Å². The Morgan fingerprint density at radius 2 is 1.06 bits per heavy atom. The van der Waals surface area contributed by atoms with Gasteiger partial charge in [0.15, 0.2) is 0 Å². The van der Waals surface area contributed by atoms with E-state index in [1.807, 2.05) is 0 Å².